The van der Waals surface area contributed by atoms with Crippen molar-refractivity contribution in [2.75, 3.05) is 23.3 Å². The Kier molecular flexibility index (Phi) is 8.98. The van der Waals surface area contributed by atoms with Gasteiger partial charge in [0.05, 0.1) is 11.2 Å². The molecule has 0 bridgehead atoms. The number of nitrogens with one attached hydrogen (secondary N) is 1. The molecule has 1 amide bonds. The third kappa shape index (κ3) is 6.84. The molecule has 45 heavy (non-hydrogen) atoms. The van der Waals surface area contributed by atoms with Crippen LogP contribution in [-0.2, 0) is 26.7 Å². The zero-order valence-corrected chi connectivity index (χ0v) is 25.8. The minimum absolute atomic E-state index is 0.0315. The highest BCUT2D eigenvalue weighted by Crippen LogP contribution is 2.60. The SMILES string of the molecule is CC1CCc2c(N3CCC(OC(=O)Nc4ccc(CC(P(=O)(O)O)P(=O)(O)O)cc4)CC3)c(F)cc3c(=O)c(C(=O)O)cn1c23. The number of benzene rings is 2. The lowest BCUT2D eigenvalue weighted by molar-refractivity contribution is 0.0694. The number of ether oxygens (including phenoxy) is 1. The lowest BCUT2D eigenvalue weighted by atomic mass is 9.93. The number of carbonyl (C=O) groups is 2. The predicted octanol–water partition coefficient (Wildman–Crippen LogP) is 3.79. The molecule has 6 N–H and O–H groups in total. The van der Waals surface area contributed by atoms with E-state index >= 15 is 4.39 Å². The molecule has 0 aliphatic carbocycles. The summed E-state index contributed by atoms with van der Waals surface area (Å²) in [7, 11) is -10.2. The molecule has 17 heteroatoms. The number of aryl methyl sites for hydroxylation is 1. The molecule has 1 unspecified atom stereocenters. The first-order valence-electron chi connectivity index (χ1n) is 14.1. The second kappa shape index (κ2) is 12.3. The molecule has 2 aliphatic heterocycles. The molecule has 14 nitrogen and oxygen atoms in total. The van der Waals surface area contributed by atoms with Crippen LogP contribution in [0, 0.1) is 5.82 Å². The van der Waals surface area contributed by atoms with E-state index in [4.69, 9.17) is 4.74 Å². The molecule has 5 rings (SSSR count). The van der Waals surface area contributed by atoms with Crippen molar-refractivity contribution in [2.24, 2.45) is 0 Å². The molecular weight excluding hydrogens is 635 g/mol. The highest BCUT2D eigenvalue weighted by atomic mass is 31.2. The van der Waals surface area contributed by atoms with Crippen LogP contribution < -0.4 is 15.6 Å². The zero-order chi connectivity index (χ0) is 32.8. The first-order valence-corrected chi connectivity index (χ1v) is 17.5. The largest absolute Gasteiger partial charge is 0.477 e. The molecule has 3 aromatic rings. The second-order valence-electron chi connectivity index (χ2n) is 11.3. The van der Waals surface area contributed by atoms with E-state index in [1.807, 2.05) is 11.8 Å². The van der Waals surface area contributed by atoms with E-state index in [-0.39, 0.29) is 22.7 Å². The Hall–Kier alpha value is -3.58. The van der Waals surface area contributed by atoms with E-state index in [0.29, 0.717) is 55.5 Å². The number of aromatic carboxylic acids is 1. The van der Waals surface area contributed by atoms with Crippen molar-refractivity contribution in [1.29, 1.82) is 0 Å². The minimum Gasteiger partial charge on any atom is -0.477 e. The number of carbonyl (C=O) groups excluding carboxylic acids is 1. The van der Waals surface area contributed by atoms with Crippen LogP contribution in [0.5, 0.6) is 0 Å². The van der Waals surface area contributed by atoms with E-state index in [2.05, 4.69) is 5.32 Å². The number of piperidine rings is 1. The number of carboxylic acid groups (broad SMARTS) is 1. The summed E-state index contributed by atoms with van der Waals surface area (Å²) < 4.78 is 45.9. The normalized spacial score (nSPS) is 17.5. The van der Waals surface area contributed by atoms with Gasteiger partial charge in [0.1, 0.15) is 17.5 Å². The summed E-state index contributed by atoms with van der Waals surface area (Å²) in [6.07, 6.45) is 1.43. The second-order valence-corrected chi connectivity index (χ2v) is 15.3. The lowest BCUT2D eigenvalue weighted by Crippen LogP contribution is -2.39. The number of nitrogens with zero attached hydrogens (tertiary/aromatic N) is 2. The van der Waals surface area contributed by atoms with Crippen molar-refractivity contribution >= 4 is 49.5 Å². The van der Waals surface area contributed by atoms with Crippen LogP contribution in [0.3, 0.4) is 0 Å². The van der Waals surface area contributed by atoms with E-state index in [1.165, 1.54) is 30.5 Å². The van der Waals surface area contributed by atoms with Crippen LogP contribution in [0.4, 0.5) is 20.6 Å². The van der Waals surface area contributed by atoms with Crippen LogP contribution in [0.25, 0.3) is 10.9 Å². The Morgan fingerprint density at radius 3 is 2.27 bits per heavy atom. The van der Waals surface area contributed by atoms with E-state index < -0.39 is 62.0 Å². The van der Waals surface area contributed by atoms with Crippen LogP contribution in [0.2, 0.25) is 0 Å². The number of hydrogen-bond donors (Lipinski definition) is 6. The summed E-state index contributed by atoms with van der Waals surface area (Å²) in [5.74, 6) is -1.99. The van der Waals surface area contributed by atoms with Crippen LogP contribution >= 0.6 is 15.2 Å². The molecule has 1 saturated heterocycles. The highest BCUT2D eigenvalue weighted by Gasteiger charge is 2.43. The predicted molar refractivity (Wildman–Crippen MR) is 162 cm³/mol. The Labute approximate surface area is 255 Å². The molecule has 242 valence electrons. The molecule has 2 aliphatic rings. The fraction of sp³-hybridized carbons (Fsp3) is 0.393. The van der Waals surface area contributed by atoms with Gasteiger partial charge in [0.2, 0.25) is 5.43 Å². The van der Waals surface area contributed by atoms with Crippen molar-refractivity contribution in [3.05, 3.63) is 69.3 Å². The van der Waals surface area contributed by atoms with Gasteiger partial charge in [-0.2, -0.15) is 0 Å². The van der Waals surface area contributed by atoms with E-state index in [1.54, 1.807) is 4.57 Å². The number of halogens is 1. The van der Waals surface area contributed by atoms with Gasteiger partial charge in [-0.15, -0.1) is 0 Å². The van der Waals surface area contributed by atoms with Crippen LogP contribution in [-0.4, -0.2) is 65.9 Å². The first-order chi connectivity index (χ1) is 21.0. The van der Waals surface area contributed by atoms with Crippen molar-refractivity contribution in [3.63, 3.8) is 0 Å². The minimum atomic E-state index is -5.08. The molecule has 0 spiro atoms. The number of amides is 1. The molecule has 1 fully saturated rings. The number of anilines is 2. The molecule has 3 heterocycles. The topological polar surface area (TPSA) is 216 Å². The highest BCUT2D eigenvalue weighted by molar-refractivity contribution is 7.70. The maximum Gasteiger partial charge on any atom is 0.411 e. The smallest absolute Gasteiger partial charge is 0.411 e. The van der Waals surface area contributed by atoms with E-state index in [9.17, 15) is 48.2 Å². The van der Waals surface area contributed by atoms with Crippen LogP contribution in [0.15, 0.2) is 41.3 Å². The Morgan fingerprint density at radius 1 is 1.07 bits per heavy atom. The van der Waals surface area contributed by atoms with Gasteiger partial charge in [-0.25, -0.2) is 14.0 Å². The van der Waals surface area contributed by atoms with Crippen molar-refractivity contribution in [3.8, 4) is 0 Å². The maximum atomic E-state index is 15.6. The Balaban J connectivity index is 1.24. The fourth-order valence-corrected chi connectivity index (χ4v) is 8.46. The van der Waals surface area contributed by atoms with Crippen LogP contribution in [0.1, 0.15) is 53.7 Å². The lowest BCUT2D eigenvalue weighted by Gasteiger charge is -2.36. The number of hydrogen-bond acceptors (Lipinski definition) is 7. The third-order valence-corrected chi connectivity index (χ3v) is 12.0. The van der Waals surface area contributed by atoms with Gasteiger partial charge in [-0.3, -0.25) is 19.2 Å². The number of aromatic nitrogens is 1. The molecule has 1 aromatic heterocycles. The van der Waals surface area contributed by atoms with Crippen molar-refractivity contribution < 1.29 is 52.5 Å². The van der Waals surface area contributed by atoms with Gasteiger partial charge in [-0.1, -0.05) is 12.1 Å². The summed E-state index contributed by atoms with van der Waals surface area (Å²) in [6.45, 7) is 2.63. The quantitative estimate of drug-likeness (QED) is 0.189. The summed E-state index contributed by atoms with van der Waals surface area (Å²) in [6, 6.07) is 6.59. The van der Waals surface area contributed by atoms with Gasteiger partial charge in [0.25, 0.3) is 0 Å². The summed E-state index contributed by atoms with van der Waals surface area (Å²) >= 11 is 0. The number of pyridine rings is 1. The number of carboxylic acids is 1. The maximum absolute atomic E-state index is 15.6. The average Bonchev–Trinajstić information content (AvgIpc) is 2.94. The summed E-state index contributed by atoms with van der Waals surface area (Å²) in [5, 5.41) is 9.89. The Bertz CT molecular complexity index is 1790. The zero-order valence-electron chi connectivity index (χ0n) is 24.0. The van der Waals surface area contributed by atoms with E-state index in [0.717, 1.165) is 6.07 Å². The van der Waals surface area contributed by atoms with Gasteiger partial charge >= 0.3 is 27.3 Å². The molecule has 0 saturated carbocycles. The first kappa shape index (κ1) is 32.8. The van der Waals surface area contributed by atoms with Gasteiger partial charge in [0.15, 0.2) is 5.40 Å². The Morgan fingerprint density at radius 2 is 1.69 bits per heavy atom. The monoisotopic (exact) mass is 667 g/mol. The number of rotatable bonds is 8. The van der Waals surface area contributed by atoms with Gasteiger partial charge in [0, 0.05) is 54.8 Å². The van der Waals surface area contributed by atoms with Crippen molar-refractivity contribution in [2.45, 2.75) is 56.6 Å². The van der Waals surface area contributed by atoms with Gasteiger partial charge in [-0.05, 0) is 49.9 Å². The fourth-order valence-electron chi connectivity index (χ4n) is 5.99. The summed E-state index contributed by atoms with van der Waals surface area (Å²) in [5.41, 5.74) is 0.922. The average molecular weight is 668 g/mol. The van der Waals surface area contributed by atoms with Gasteiger partial charge < -0.3 is 38.9 Å². The standard InChI is InChI=1S/C28H32FN3O11P2/c1-15-2-7-19-24-20(26(33)21(27(34)35)14-32(15)24)13-22(29)25(19)31-10-8-18(9-11-31)43-28(36)30-17-5-3-16(4-6-17)12-23(44(37,38)39)45(40,41)42/h3-6,13-15,18,23H,2,7-12H2,1H3,(H,30,36)(H,34,35)(H2,37,38,39)(H2,40,41,42). The molecule has 2 aromatic carbocycles. The third-order valence-electron chi connectivity index (χ3n) is 8.28. The molecule has 0 radical (unpaired) electrons. The summed E-state index contributed by atoms with van der Waals surface area (Å²) in [4.78, 5) is 76.2. The van der Waals surface area contributed by atoms with Crippen molar-refractivity contribution in [1.82, 2.24) is 4.57 Å². The molecular formula is C28H32FN3O11P2. The molecule has 1 atom stereocenters.